The van der Waals surface area contributed by atoms with E-state index in [2.05, 4.69) is 11.4 Å². The number of nitrogens with zero attached hydrogens (tertiary/aromatic N) is 2. The second-order valence-electron chi connectivity index (χ2n) is 7.77. The van der Waals surface area contributed by atoms with Crippen LogP contribution in [0.2, 0.25) is 5.02 Å². The molecule has 0 radical (unpaired) electrons. The van der Waals surface area contributed by atoms with Crippen molar-refractivity contribution < 1.29 is 19.1 Å². The smallest absolute Gasteiger partial charge is 0.335 e. The Morgan fingerprint density at radius 2 is 1.82 bits per heavy atom. The predicted octanol–water partition coefficient (Wildman–Crippen LogP) is 5.54. The van der Waals surface area contributed by atoms with Crippen molar-refractivity contribution in [3.05, 3.63) is 106 Å². The van der Waals surface area contributed by atoms with Crippen molar-refractivity contribution in [3.63, 3.8) is 0 Å². The summed E-state index contributed by atoms with van der Waals surface area (Å²) in [6.07, 6.45) is 0. The number of carboxylic acid groups (broad SMARTS) is 1. The molecule has 0 spiro atoms. The average Bonchev–Trinajstić information content (AvgIpc) is 3.15. The van der Waals surface area contributed by atoms with Crippen LogP contribution in [0.1, 0.15) is 50.5 Å². The summed E-state index contributed by atoms with van der Waals surface area (Å²) >= 11 is 6.17. The van der Waals surface area contributed by atoms with Gasteiger partial charge >= 0.3 is 5.97 Å². The molecule has 0 aliphatic heterocycles. The van der Waals surface area contributed by atoms with Crippen LogP contribution in [0, 0.1) is 17.1 Å². The lowest BCUT2D eigenvalue weighted by Crippen LogP contribution is -2.29. The molecule has 2 N–H and O–H groups in total. The van der Waals surface area contributed by atoms with Gasteiger partial charge in [0.25, 0.3) is 5.91 Å². The van der Waals surface area contributed by atoms with Gasteiger partial charge < -0.3 is 15.0 Å². The molecule has 1 heterocycles. The molecule has 1 unspecified atom stereocenters. The monoisotopic (exact) mass is 475 g/mol. The van der Waals surface area contributed by atoms with Gasteiger partial charge in [-0.15, -0.1) is 0 Å². The maximum absolute atomic E-state index is 14.1. The van der Waals surface area contributed by atoms with E-state index in [0.29, 0.717) is 22.0 Å². The molecule has 8 heteroatoms. The van der Waals surface area contributed by atoms with Crippen LogP contribution >= 0.6 is 11.6 Å². The summed E-state index contributed by atoms with van der Waals surface area (Å²) in [7, 11) is 0. The van der Waals surface area contributed by atoms with Crippen LogP contribution in [0.4, 0.5) is 4.39 Å². The first-order valence-corrected chi connectivity index (χ1v) is 10.8. The summed E-state index contributed by atoms with van der Waals surface area (Å²) in [6, 6.07) is 19.4. The van der Waals surface area contributed by atoms with Crippen LogP contribution in [0.25, 0.3) is 10.9 Å². The SMILES string of the molecule is CC(NC(=O)c1c(C#N)c2ccccc2n1Cc1cccc(F)c1Cl)c1ccc(C(=O)O)cc1. The Kier molecular flexibility index (Phi) is 6.35. The van der Waals surface area contributed by atoms with Gasteiger partial charge in [0.2, 0.25) is 0 Å². The number of carboxylic acids is 1. The number of aromatic carboxylic acids is 1. The Bertz CT molecular complexity index is 1450. The molecule has 3 aromatic carbocycles. The zero-order valence-corrected chi connectivity index (χ0v) is 18.8. The number of benzene rings is 3. The minimum absolute atomic E-state index is 0.0444. The number of para-hydroxylation sites is 1. The molecular weight excluding hydrogens is 457 g/mol. The van der Waals surface area contributed by atoms with E-state index < -0.39 is 23.7 Å². The number of carbonyl (C=O) groups excluding carboxylic acids is 1. The van der Waals surface area contributed by atoms with Crippen molar-refractivity contribution in [2.75, 3.05) is 0 Å². The topological polar surface area (TPSA) is 95.1 Å². The van der Waals surface area contributed by atoms with Gasteiger partial charge in [-0.05, 0) is 42.3 Å². The van der Waals surface area contributed by atoms with Gasteiger partial charge in [-0.1, -0.05) is 54.1 Å². The highest BCUT2D eigenvalue weighted by Gasteiger charge is 2.25. The number of aromatic nitrogens is 1. The number of nitrogens with one attached hydrogen (secondary N) is 1. The molecule has 1 aromatic heterocycles. The Balaban J connectivity index is 1.75. The number of nitriles is 1. The molecule has 1 atom stereocenters. The van der Waals surface area contributed by atoms with Crippen LogP contribution in [0.15, 0.2) is 66.7 Å². The molecule has 6 nitrogen and oxygen atoms in total. The molecule has 4 aromatic rings. The van der Waals surface area contributed by atoms with E-state index in [4.69, 9.17) is 16.7 Å². The zero-order chi connectivity index (χ0) is 24.4. The maximum Gasteiger partial charge on any atom is 0.335 e. The molecule has 0 saturated carbocycles. The second-order valence-corrected chi connectivity index (χ2v) is 8.15. The van der Waals surface area contributed by atoms with Crippen molar-refractivity contribution in [2.24, 2.45) is 0 Å². The van der Waals surface area contributed by atoms with E-state index in [1.54, 1.807) is 54.0 Å². The minimum Gasteiger partial charge on any atom is -0.478 e. The lowest BCUT2D eigenvalue weighted by molar-refractivity contribution is 0.0696. The fraction of sp³-hybridized carbons (Fsp3) is 0.115. The first-order chi connectivity index (χ1) is 16.3. The van der Waals surface area contributed by atoms with Gasteiger partial charge in [0.1, 0.15) is 17.6 Å². The van der Waals surface area contributed by atoms with Crippen LogP contribution in [-0.2, 0) is 6.54 Å². The summed E-state index contributed by atoms with van der Waals surface area (Å²) in [5.41, 5.74) is 2.29. The van der Waals surface area contributed by atoms with Crippen molar-refractivity contribution in [1.29, 1.82) is 5.26 Å². The molecule has 0 fully saturated rings. The number of fused-ring (bicyclic) bond motifs is 1. The number of hydrogen-bond acceptors (Lipinski definition) is 3. The third-order valence-corrected chi connectivity index (χ3v) is 6.09. The van der Waals surface area contributed by atoms with E-state index >= 15 is 0 Å². The fourth-order valence-corrected chi connectivity index (χ4v) is 4.11. The van der Waals surface area contributed by atoms with Gasteiger partial charge in [0.15, 0.2) is 0 Å². The van der Waals surface area contributed by atoms with Crippen LogP contribution < -0.4 is 5.32 Å². The zero-order valence-electron chi connectivity index (χ0n) is 18.0. The third kappa shape index (κ3) is 4.24. The van der Waals surface area contributed by atoms with Gasteiger partial charge in [-0.3, -0.25) is 4.79 Å². The Hall–Kier alpha value is -4.15. The molecule has 4 rings (SSSR count). The number of carbonyl (C=O) groups is 2. The third-order valence-electron chi connectivity index (χ3n) is 5.66. The van der Waals surface area contributed by atoms with Crippen molar-refractivity contribution in [2.45, 2.75) is 19.5 Å². The first kappa shape index (κ1) is 23.0. The van der Waals surface area contributed by atoms with E-state index in [-0.39, 0.29) is 28.4 Å². The average molecular weight is 476 g/mol. The lowest BCUT2D eigenvalue weighted by Gasteiger charge is -2.17. The molecule has 0 bridgehead atoms. The highest BCUT2D eigenvalue weighted by molar-refractivity contribution is 6.31. The quantitative estimate of drug-likeness (QED) is 0.382. The number of hydrogen-bond donors (Lipinski definition) is 2. The summed E-state index contributed by atoms with van der Waals surface area (Å²) in [5.74, 6) is -2.10. The van der Waals surface area contributed by atoms with Crippen LogP contribution in [0.3, 0.4) is 0 Å². The molecule has 0 aliphatic carbocycles. The van der Waals surface area contributed by atoms with Crippen LogP contribution in [0.5, 0.6) is 0 Å². The molecule has 0 saturated heterocycles. The van der Waals surface area contributed by atoms with E-state index in [9.17, 15) is 19.2 Å². The highest BCUT2D eigenvalue weighted by Crippen LogP contribution is 2.29. The summed E-state index contributed by atoms with van der Waals surface area (Å²) in [6.45, 7) is 1.85. The Morgan fingerprint density at radius 3 is 2.50 bits per heavy atom. The molecule has 0 aliphatic rings. The first-order valence-electron chi connectivity index (χ1n) is 10.4. The van der Waals surface area contributed by atoms with E-state index in [1.165, 1.54) is 24.3 Å². The maximum atomic E-state index is 14.1. The molecule has 1 amide bonds. The highest BCUT2D eigenvalue weighted by atomic mass is 35.5. The largest absolute Gasteiger partial charge is 0.478 e. The Labute approximate surface area is 199 Å². The van der Waals surface area contributed by atoms with Gasteiger partial charge in [0.05, 0.1) is 27.7 Å². The van der Waals surface area contributed by atoms with Crippen molar-refractivity contribution in [1.82, 2.24) is 9.88 Å². The second kappa shape index (κ2) is 9.38. The van der Waals surface area contributed by atoms with Gasteiger partial charge in [-0.2, -0.15) is 5.26 Å². The van der Waals surface area contributed by atoms with Crippen molar-refractivity contribution in [3.8, 4) is 6.07 Å². The lowest BCUT2D eigenvalue weighted by atomic mass is 10.1. The normalized spacial score (nSPS) is 11.7. The summed E-state index contributed by atoms with van der Waals surface area (Å²) in [4.78, 5) is 24.5. The van der Waals surface area contributed by atoms with Crippen LogP contribution in [-0.4, -0.2) is 21.6 Å². The molecule has 34 heavy (non-hydrogen) atoms. The van der Waals surface area contributed by atoms with Crippen molar-refractivity contribution >= 4 is 34.4 Å². The standard InChI is InChI=1S/C26H19ClFN3O3/c1-15(16-9-11-17(12-10-16)26(33)34)30-25(32)24-20(13-29)19-6-2-3-8-22(19)31(24)14-18-5-4-7-21(28)23(18)27/h2-12,15H,14H2,1H3,(H,30,32)(H,33,34). The minimum atomic E-state index is -1.04. The summed E-state index contributed by atoms with van der Waals surface area (Å²) in [5, 5.41) is 22.4. The summed E-state index contributed by atoms with van der Waals surface area (Å²) < 4.78 is 15.7. The number of halogens is 2. The van der Waals surface area contributed by atoms with Gasteiger partial charge in [-0.25, -0.2) is 9.18 Å². The van der Waals surface area contributed by atoms with Gasteiger partial charge in [0, 0.05) is 11.9 Å². The Morgan fingerprint density at radius 1 is 1.12 bits per heavy atom. The molecular formula is C26H19ClFN3O3. The molecule has 170 valence electrons. The van der Waals surface area contributed by atoms with E-state index in [0.717, 1.165) is 0 Å². The van der Waals surface area contributed by atoms with E-state index in [1.807, 2.05) is 0 Å². The fourth-order valence-electron chi connectivity index (χ4n) is 3.92. The predicted molar refractivity (Wildman–Crippen MR) is 126 cm³/mol. The number of amides is 1. The number of rotatable bonds is 6.